The van der Waals surface area contributed by atoms with Crippen molar-refractivity contribution in [3.05, 3.63) is 65.7 Å². The molecule has 0 saturated heterocycles. The zero-order chi connectivity index (χ0) is 19.4. The topological polar surface area (TPSA) is 93.2 Å². The Bertz CT molecular complexity index is 1030. The third-order valence-corrected chi connectivity index (χ3v) is 5.26. The number of ether oxygens (including phenoxy) is 1. The second-order valence-electron chi connectivity index (χ2n) is 6.03. The van der Waals surface area contributed by atoms with Gasteiger partial charge >= 0.3 is 0 Å². The van der Waals surface area contributed by atoms with Crippen LogP contribution >= 0.6 is 0 Å². The fourth-order valence-electron chi connectivity index (χ4n) is 2.45. The highest BCUT2D eigenvalue weighted by Gasteiger charge is 2.16. The molecule has 0 saturated carbocycles. The van der Waals surface area contributed by atoms with Crippen LogP contribution in [0.5, 0.6) is 5.75 Å². The van der Waals surface area contributed by atoms with Gasteiger partial charge in [-0.25, -0.2) is 8.42 Å². The number of aryl methyl sites for hydroxylation is 2. The van der Waals surface area contributed by atoms with E-state index in [-0.39, 0.29) is 10.7 Å². The zero-order valence-electron chi connectivity index (χ0n) is 15.2. The first kappa shape index (κ1) is 18.7. The molecule has 0 fully saturated rings. The molecule has 7 nitrogen and oxygen atoms in total. The summed E-state index contributed by atoms with van der Waals surface area (Å²) in [5, 5.41) is 11.1. The fourth-order valence-corrected chi connectivity index (χ4v) is 3.53. The number of hydrogen-bond acceptors (Lipinski definition) is 6. The van der Waals surface area contributed by atoms with Crippen molar-refractivity contribution < 1.29 is 13.2 Å². The maximum Gasteiger partial charge on any atom is 0.263 e. The van der Waals surface area contributed by atoms with Gasteiger partial charge in [0.25, 0.3) is 10.0 Å². The molecule has 140 valence electrons. The fraction of sp³-hybridized carbons (Fsp3) is 0.158. The lowest BCUT2D eigenvalue weighted by molar-refractivity contribution is 0.411. The van der Waals surface area contributed by atoms with Gasteiger partial charge < -0.3 is 10.1 Å². The van der Waals surface area contributed by atoms with E-state index >= 15 is 0 Å². The molecule has 0 atom stereocenters. The van der Waals surface area contributed by atoms with Crippen LogP contribution in [0.15, 0.2) is 59.5 Å². The molecule has 0 radical (unpaired) electrons. The van der Waals surface area contributed by atoms with Crippen LogP contribution in [0.3, 0.4) is 0 Å². The number of nitrogens with one attached hydrogen (secondary N) is 2. The molecule has 3 rings (SSSR count). The van der Waals surface area contributed by atoms with Crippen molar-refractivity contribution in [3.8, 4) is 5.75 Å². The first-order chi connectivity index (χ1) is 12.9. The minimum absolute atomic E-state index is 0.129. The number of sulfonamides is 1. The number of methoxy groups -OCH3 is 1. The molecule has 2 N–H and O–H groups in total. The molecule has 0 bridgehead atoms. The van der Waals surface area contributed by atoms with E-state index in [0.29, 0.717) is 11.6 Å². The molecule has 8 heteroatoms. The Morgan fingerprint density at radius 2 is 1.56 bits per heavy atom. The van der Waals surface area contributed by atoms with Gasteiger partial charge in [0.05, 0.1) is 12.0 Å². The average molecular weight is 384 g/mol. The van der Waals surface area contributed by atoms with Gasteiger partial charge in [0, 0.05) is 5.69 Å². The monoisotopic (exact) mass is 384 g/mol. The molecule has 2 aromatic carbocycles. The van der Waals surface area contributed by atoms with Gasteiger partial charge in [0.15, 0.2) is 11.6 Å². The van der Waals surface area contributed by atoms with E-state index in [9.17, 15) is 8.42 Å². The second-order valence-corrected chi connectivity index (χ2v) is 7.71. The van der Waals surface area contributed by atoms with Gasteiger partial charge in [-0.05, 0) is 61.9 Å². The van der Waals surface area contributed by atoms with E-state index in [0.717, 1.165) is 16.8 Å². The predicted molar refractivity (Wildman–Crippen MR) is 105 cm³/mol. The molecule has 0 aliphatic carbocycles. The third kappa shape index (κ3) is 4.53. The predicted octanol–water partition coefficient (Wildman–Crippen LogP) is 3.65. The summed E-state index contributed by atoms with van der Waals surface area (Å²) in [6, 6.07) is 15.7. The van der Waals surface area contributed by atoms with Crippen LogP contribution < -0.4 is 14.8 Å². The highest BCUT2D eigenvalue weighted by atomic mass is 32.2. The SMILES string of the molecule is COc1ccc(S(=O)(=O)Nc2ccc(Nc3ccc(C)cc3)nn2)cc1C. The molecule has 1 aromatic heterocycles. The van der Waals surface area contributed by atoms with E-state index in [2.05, 4.69) is 20.2 Å². The number of benzene rings is 2. The lowest BCUT2D eigenvalue weighted by Crippen LogP contribution is -2.14. The van der Waals surface area contributed by atoms with Gasteiger partial charge in [-0.15, -0.1) is 10.2 Å². The van der Waals surface area contributed by atoms with E-state index in [1.54, 1.807) is 31.2 Å². The van der Waals surface area contributed by atoms with Gasteiger partial charge in [0.2, 0.25) is 0 Å². The van der Waals surface area contributed by atoms with Crippen LogP contribution in [-0.4, -0.2) is 25.7 Å². The Morgan fingerprint density at radius 3 is 2.15 bits per heavy atom. The van der Waals surface area contributed by atoms with Crippen LogP contribution in [0, 0.1) is 13.8 Å². The van der Waals surface area contributed by atoms with Crippen molar-refractivity contribution in [2.24, 2.45) is 0 Å². The second kappa shape index (κ2) is 7.63. The quantitative estimate of drug-likeness (QED) is 0.674. The molecule has 0 aliphatic heterocycles. The van der Waals surface area contributed by atoms with Crippen LogP contribution in [0.25, 0.3) is 0 Å². The summed E-state index contributed by atoms with van der Waals surface area (Å²) < 4.78 is 32.6. The van der Waals surface area contributed by atoms with Crippen LogP contribution in [0.4, 0.5) is 17.3 Å². The Balaban J connectivity index is 1.73. The normalized spacial score (nSPS) is 11.1. The smallest absolute Gasteiger partial charge is 0.263 e. The van der Waals surface area contributed by atoms with Crippen molar-refractivity contribution in [2.45, 2.75) is 18.7 Å². The highest BCUT2D eigenvalue weighted by molar-refractivity contribution is 7.92. The Morgan fingerprint density at radius 1 is 0.889 bits per heavy atom. The first-order valence-electron chi connectivity index (χ1n) is 8.22. The number of nitrogens with zero attached hydrogens (tertiary/aromatic N) is 2. The van der Waals surface area contributed by atoms with Crippen LogP contribution in [0.1, 0.15) is 11.1 Å². The molecule has 0 unspecified atom stereocenters. The summed E-state index contributed by atoms with van der Waals surface area (Å²) in [5.74, 6) is 1.28. The molecule has 27 heavy (non-hydrogen) atoms. The van der Waals surface area contributed by atoms with E-state index in [1.165, 1.54) is 13.2 Å². The Kier molecular flexibility index (Phi) is 5.27. The number of rotatable bonds is 6. The molecular formula is C19H20N4O3S. The molecular weight excluding hydrogens is 364 g/mol. The molecule has 0 amide bonds. The van der Waals surface area contributed by atoms with Crippen molar-refractivity contribution in [1.82, 2.24) is 10.2 Å². The lowest BCUT2D eigenvalue weighted by atomic mass is 10.2. The average Bonchev–Trinajstić information content (AvgIpc) is 2.65. The minimum atomic E-state index is -3.77. The van der Waals surface area contributed by atoms with Gasteiger partial charge in [-0.2, -0.15) is 0 Å². The van der Waals surface area contributed by atoms with Gasteiger partial charge in [-0.1, -0.05) is 17.7 Å². The van der Waals surface area contributed by atoms with Gasteiger partial charge in [-0.3, -0.25) is 4.72 Å². The van der Waals surface area contributed by atoms with Crippen LogP contribution in [-0.2, 0) is 10.0 Å². The van der Waals surface area contributed by atoms with E-state index in [4.69, 9.17) is 4.74 Å². The van der Waals surface area contributed by atoms with Crippen molar-refractivity contribution >= 4 is 27.3 Å². The maximum atomic E-state index is 12.5. The Hall–Kier alpha value is -3.13. The summed E-state index contributed by atoms with van der Waals surface area (Å²) >= 11 is 0. The number of hydrogen-bond donors (Lipinski definition) is 2. The summed E-state index contributed by atoms with van der Waals surface area (Å²) in [4.78, 5) is 0.129. The largest absolute Gasteiger partial charge is 0.496 e. The standard InChI is InChI=1S/C19H20N4O3S/c1-13-4-6-15(7-5-13)20-18-10-11-19(22-21-18)23-27(24,25)16-8-9-17(26-3)14(2)12-16/h4-12H,1-3H3,(H,20,21)(H,22,23). The molecule has 0 spiro atoms. The maximum absolute atomic E-state index is 12.5. The molecule has 1 heterocycles. The summed E-state index contributed by atoms with van der Waals surface area (Å²) in [6.07, 6.45) is 0. The number of aromatic nitrogens is 2. The first-order valence-corrected chi connectivity index (χ1v) is 9.70. The van der Waals surface area contributed by atoms with Crippen LogP contribution in [0.2, 0.25) is 0 Å². The van der Waals surface area contributed by atoms with E-state index < -0.39 is 10.0 Å². The van der Waals surface area contributed by atoms with E-state index in [1.807, 2.05) is 31.2 Å². The van der Waals surface area contributed by atoms with Crippen molar-refractivity contribution in [3.63, 3.8) is 0 Å². The summed E-state index contributed by atoms with van der Waals surface area (Å²) in [5.41, 5.74) is 2.76. The third-order valence-electron chi connectivity index (χ3n) is 3.90. The van der Waals surface area contributed by atoms with Crippen molar-refractivity contribution in [2.75, 3.05) is 17.1 Å². The van der Waals surface area contributed by atoms with Gasteiger partial charge in [0.1, 0.15) is 5.75 Å². The number of anilines is 3. The summed E-state index contributed by atoms with van der Waals surface area (Å²) in [6.45, 7) is 3.79. The lowest BCUT2D eigenvalue weighted by Gasteiger charge is -2.10. The Labute approximate surface area is 158 Å². The summed E-state index contributed by atoms with van der Waals surface area (Å²) in [7, 11) is -2.23. The minimum Gasteiger partial charge on any atom is -0.496 e. The highest BCUT2D eigenvalue weighted by Crippen LogP contribution is 2.23. The molecule has 0 aliphatic rings. The molecule has 3 aromatic rings. The zero-order valence-corrected chi connectivity index (χ0v) is 16.0. The van der Waals surface area contributed by atoms with Crippen molar-refractivity contribution in [1.29, 1.82) is 0 Å².